The van der Waals surface area contributed by atoms with Gasteiger partial charge >= 0.3 is 0 Å². The predicted molar refractivity (Wildman–Crippen MR) is 71.9 cm³/mol. The van der Waals surface area contributed by atoms with E-state index in [1.165, 1.54) is 13.8 Å². The van der Waals surface area contributed by atoms with Gasteiger partial charge in [-0.3, -0.25) is 4.79 Å². The van der Waals surface area contributed by atoms with E-state index in [9.17, 15) is 13.2 Å². The minimum atomic E-state index is -3.44. The van der Waals surface area contributed by atoms with Crippen LogP contribution >= 0.6 is 0 Å². The molecule has 0 aromatic heterocycles. The van der Waals surface area contributed by atoms with Crippen LogP contribution in [0.15, 0.2) is 0 Å². The Labute approximate surface area is 110 Å². The number of nitrogens with two attached hydrogens (primary N) is 1. The molecule has 2 unspecified atom stereocenters. The zero-order valence-corrected chi connectivity index (χ0v) is 12.5. The first-order valence-electron chi connectivity index (χ1n) is 6.35. The number of hydrogen-bond donors (Lipinski definition) is 1. The van der Waals surface area contributed by atoms with Crippen LogP contribution in [0.3, 0.4) is 0 Å². The number of piperidine rings is 1. The summed E-state index contributed by atoms with van der Waals surface area (Å²) >= 11 is 0. The Kier molecular flexibility index (Phi) is 4.43. The van der Waals surface area contributed by atoms with E-state index in [0.29, 0.717) is 6.54 Å². The minimum Gasteiger partial charge on any atom is -0.334 e. The second kappa shape index (κ2) is 5.17. The molecular formula is C12H24N2O3S. The summed E-state index contributed by atoms with van der Waals surface area (Å²) in [6.07, 6.45) is 3.90. The molecule has 106 valence electrons. The van der Waals surface area contributed by atoms with Crippen molar-refractivity contribution in [3.63, 3.8) is 0 Å². The first-order chi connectivity index (χ1) is 8.13. The number of likely N-dealkylation sites (tertiary alicyclic amines) is 1. The van der Waals surface area contributed by atoms with Gasteiger partial charge in [-0.05, 0) is 40.0 Å². The first kappa shape index (κ1) is 15.4. The van der Waals surface area contributed by atoms with Crippen LogP contribution in [0, 0.1) is 0 Å². The van der Waals surface area contributed by atoms with Crippen molar-refractivity contribution in [3.05, 3.63) is 0 Å². The van der Waals surface area contributed by atoms with Crippen LogP contribution in [0.25, 0.3) is 0 Å². The highest BCUT2D eigenvalue weighted by atomic mass is 32.2. The highest BCUT2D eigenvalue weighted by Crippen LogP contribution is 2.28. The molecule has 5 nitrogen and oxygen atoms in total. The van der Waals surface area contributed by atoms with Crippen molar-refractivity contribution in [1.29, 1.82) is 0 Å². The van der Waals surface area contributed by atoms with Gasteiger partial charge in [0.25, 0.3) is 0 Å². The van der Waals surface area contributed by atoms with Crippen LogP contribution in [0.4, 0.5) is 0 Å². The van der Waals surface area contributed by atoms with E-state index in [4.69, 9.17) is 5.73 Å². The summed E-state index contributed by atoms with van der Waals surface area (Å²) in [5, 5.41) is 0. The molecule has 0 aromatic rings. The number of sulfone groups is 1. The van der Waals surface area contributed by atoms with E-state index in [-0.39, 0.29) is 18.0 Å². The molecule has 2 N–H and O–H groups in total. The fourth-order valence-corrected chi connectivity index (χ4v) is 2.78. The Hall–Kier alpha value is -0.620. The molecule has 1 rings (SSSR count). The number of nitrogens with zero attached hydrogens (tertiary/aromatic N) is 1. The molecule has 18 heavy (non-hydrogen) atoms. The summed E-state index contributed by atoms with van der Waals surface area (Å²) in [5.74, 6) is -0.326. The van der Waals surface area contributed by atoms with Gasteiger partial charge in [0.1, 0.15) is 4.75 Å². The Bertz CT molecular complexity index is 417. The maximum atomic E-state index is 12.5. The van der Waals surface area contributed by atoms with Gasteiger partial charge < -0.3 is 10.6 Å². The third-order valence-corrected chi connectivity index (χ3v) is 6.00. The highest BCUT2D eigenvalue weighted by molar-refractivity contribution is 7.92. The molecule has 6 heteroatoms. The van der Waals surface area contributed by atoms with Crippen molar-refractivity contribution in [2.75, 3.05) is 12.8 Å². The summed E-state index contributed by atoms with van der Waals surface area (Å²) in [5.41, 5.74) is 5.70. The van der Waals surface area contributed by atoms with Crippen molar-refractivity contribution in [1.82, 2.24) is 4.90 Å². The number of amides is 1. The topological polar surface area (TPSA) is 80.5 Å². The van der Waals surface area contributed by atoms with E-state index in [1.807, 2.05) is 6.92 Å². The molecule has 1 heterocycles. The van der Waals surface area contributed by atoms with E-state index in [1.54, 1.807) is 4.90 Å². The number of rotatable bonds is 3. The third-order valence-electron chi connectivity index (χ3n) is 3.98. The maximum absolute atomic E-state index is 12.5. The van der Waals surface area contributed by atoms with Gasteiger partial charge in [-0.1, -0.05) is 0 Å². The van der Waals surface area contributed by atoms with Gasteiger partial charge in [0, 0.05) is 24.9 Å². The molecule has 1 amide bonds. The fourth-order valence-electron chi connectivity index (χ4n) is 2.35. The van der Waals surface area contributed by atoms with E-state index < -0.39 is 14.6 Å². The molecule has 0 aliphatic carbocycles. The maximum Gasteiger partial charge on any atom is 0.243 e. The van der Waals surface area contributed by atoms with Crippen molar-refractivity contribution in [3.8, 4) is 0 Å². The number of carbonyl (C=O) groups is 1. The molecule has 1 fully saturated rings. The lowest BCUT2D eigenvalue weighted by Gasteiger charge is -2.43. The average molecular weight is 276 g/mol. The molecule has 2 atom stereocenters. The van der Waals surface area contributed by atoms with Crippen LogP contribution in [0.1, 0.15) is 40.0 Å². The lowest BCUT2D eigenvalue weighted by atomic mass is 9.94. The van der Waals surface area contributed by atoms with Crippen molar-refractivity contribution in [2.24, 2.45) is 5.73 Å². The molecule has 0 radical (unpaired) electrons. The largest absolute Gasteiger partial charge is 0.334 e. The highest BCUT2D eigenvalue weighted by Gasteiger charge is 2.45. The average Bonchev–Trinajstić information content (AvgIpc) is 2.26. The fraction of sp³-hybridized carbons (Fsp3) is 0.917. The summed E-state index contributed by atoms with van der Waals surface area (Å²) in [6, 6.07) is 0.0168. The van der Waals surface area contributed by atoms with Crippen molar-refractivity contribution in [2.45, 2.75) is 56.9 Å². The molecule has 0 aromatic carbocycles. The van der Waals surface area contributed by atoms with E-state index in [2.05, 4.69) is 0 Å². The summed E-state index contributed by atoms with van der Waals surface area (Å²) in [6.45, 7) is 5.28. The summed E-state index contributed by atoms with van der Waals surface area (Å²) in [4.78, 5) is 14.2. The Morgan fingerprint density at radius 2 is 1.94 bits per heavy atom. The monoisotopic (exact) mass is 276 g/mol. The van der Waals surface area contributed by atoms with E-state index >= 15 is 0 Å². The Balaban J connectivity index is 3.07. The number of carbonyl (C=O) groups excluding carboxylic acids is 1. The molecule has 0 spiro atoms. The normalized spacial score (nSPS) is 26.2. The molecular weight excluding hydrogens is 252 g/mol. The van der Waals surface area contributed by atoms with Gasteiger partial charge in [0.05, 0.1) is 0 Å². The van der Waals surface area contributed by atoms with E-state index in [0.717, 1.165) is 25.5 Å². The van der Waals surface area contributed by atoms with Crippen LogP contribution in [-0.2, 0) is 14.6 Å². The molecule has 0 saturated carbocycles. The first-order valence-corrected chi connectivity index (χ1v) is 8.24. The molecule has 0 bridgehead atoms. The van der Waals surface area contributed by atoms with Gasteiger partial charge in [0.2, 0.25) is 5.91 Å². The van der Waals surface area contributed by atoms with Crippen LogP contribution < -0.4 is 5.73 Å². The van der Waals surface area contributed by atoms with Gasteiger partial charge in [-0.25, -0.2) is 8.42 Å². The Morgan fingerprint density at radius 1 is 1.39 bits per heavy atom. The van der Waals surface area contributed by atoms with Crippen LogP contribution in [-0.4, -0.2) is 48.9 Å². The summed E-state index contributed by atoms with van der Waals surface area (Å²) < 4.78 is 22.1. The lowest BCUT2D eigenvalue weighted by molar-refractivity contribution is -0.139. The van der Waals surface area contributed by atoms with Gasteiger partial charge in [0.15, 0.2) is 9.84 Å². The SMILES string of the molecule is CC1CCCC(CN)N1C(=O)C(C)(C)S(C)(=O)=O. The van der Waals surface area contributed by atoms with Crippen molar-refractivity contribution >= 4 is 15.7 Å². The third kappa shape index (κ3) is 2.69. The molecule has 1 aliphatic rings. The second-order valence-corrected chi connectivity index (χ2v) is 8.23. The lowest BCUT2D eigenvalue weighted by Crippen LogP contribution is -2.59. The standard InChI is InChI=1S/C12H24N2O3S/c1-9-6-5-7-10(8-13)14(9)11(15)12(2,3)18(4,16)17/h9-10H,5-8,13H2,1-4H3. The van der Waals surface area contributed by atoms with Gasteiger partial charge in [-0.15, -0.1) is 0 Å². The minimum absolute atomic E-state index is 0.0396. The zero-order chi connectivity index (χ0) is 14.1. The number of hydrogen-bond acceptors (Lipinski definition) is 4. The second-order valence-electron chi connectivity index (χ2n) is 5.66. The van der Waals surface area contributed by atoms with Crippen molar-refractivity contribution < 1.29 is 13.2 Å². The predicted octanol–water partition coefficient (Wildman–Crippen LogP) is 0.538. The molecule has 1 aliphatic heterocycles. The molecule has 1 saturated heterocycles. The zero-order valence-electron chi connectivity index (χ0n) is 11.6. The van der Waals surface area contributed by atoms with Crippen LogP contribution in [0.2, 0.25) is 0 Å². The summed E-state index contributed by atoms with van der Waals surface area (Å²) in [7, 11) is -3.44. The quantitative estimate of drug-likeness (QED) is 0.815. The van der Waals surface area contributed by atoms with Gasteiger partial charge in [-0.2, -0.15) is 0 Å². The van der Waals surface area contributed by atoms with Crippen LogP contribution in [0.5, 0.6) is 0 Å². The Morgan fingerprint density at radius 3 is 2.39 bits per heavy atom. The smallest absolute Gasteiger partial charge is 0.243 e.